The van der Waals surface area contributed by atoms with Crippen molar-refractivity contribution in [3.05, 3.63) is 53.7 Å². The van der Waals surface area contributed by atoms with Crippen molar-refractivity contribution >= 4 is 11.7 Å². The van der Waals surface area contributed by atoms with Gasteiger partial charge in [-0.1, -0.05) is 37.5 Å². The van der Waals surface area contributed by atoms with Crippen molar-refractivity contribution in [1.29, 1.82) is 0 Å². The van der Waals surface area contributed by atoms with E-state index in [1.807, 2.05) is 24.3 Å². The third-order valence-electron chi connectivity index (χ3n) is 4.86. The summed E-state index contributed by atoms with van der Waals surface area (Å²) in [5.74, 6) is 1.60. The minimum absolute atomic E-state index is 0.00733. The first-order chi connectivity index (χ1) is 12.8. The Labute approximate surface area is 155 Å². The van der Waals surface area contributed by atoms with Crippen LogP contribution >= 0.6 is 0 Å². The second kappa shape index (κ2) is 9.22. The van der Waals surface area contributed by atoms with Crippen LogP contribution in [0.3, 0.4) is 0 Å². The zero-order chi connectivity index (χ0) is 18.2. The van der Waals surface area contributed by atoms with Gasteiger partial charge in [0.15, 0.2) is 0 Å². The van der Waals surface area contributed by atoms with Crippen molar-refractivity contribution in [2.24, 2.45) is 0 Å². The number of carbonyl (C=O) groups excluding carboxylic acids is 1. The smallest absolute Gasteiger partial charge is 0.251 e. The number of benzene rings is 1. The molecule has 26 heavy (non-hydrogen) atoms. The quantitative estimate of drug-likeness (QED) is 0.794. The molecule has 1 aromatic heterocycles. The molecule has 0 atom stereocenters. The van der Waals surface area contributed by atoms with Crippen molar-refractivity contribution in [3.63, 3.8) is 0 Å². The van der Waals surface area contributed by atoms with Crippen LogP contribution in [-0.2, 0) is 6.42 Å². The van der Waals surface area contributed by atoms with Gasteiger partial charge in [0.2, 0.25) is 0 Å². The normalized spacial score (nSPS) is 14.7. The second-order valence-corrected chi connectivity index (χ2v) is 6.73. The Bertz CT molecular complexity index is 727. The number of carbonyl (C=O) groups is 1. The number of methoxy groups -OCH3 is 1. The molecule has 1 saturated carbocycles. The molecule has 1 aliphatic carbocycles. The molecule has 138 valence electrons. The number of nitrogens with one attached hydrogen (secondary N) is 2. The van der Waals surface area contributed by atoms with Crippen LogP contribution in [-0.4, -0.2) is 30.6 Å². The standard InChI is InChI=1S/C21H27N3O2/c1-26-19-10-6-5-7-16(19)11-13-22-20-15-17(12-14-23-20)21(25)24-18-8-3-2-4-9-18/h5-7,10,12,14-15,18H,2-4,8-9,11,13H2,1H3,(H,22,23)(H,24,25). The lowest BCUT2D eigenvalue weighted by atomic mass is 9.95. The molecule has 5 nitrogen and oxygen atoms in total. The van der Waals surface area contributed by atoms with E-state index in [1.165, 1.54) is 19.3 Å². The van der Waals surface area contributed by atoms with Crippen LogP contribution in [0.25, 0.3) is 0 Å². The summed E-state index contributed by atoms with van der Waals surface area (Å²) in [5, 5.41) is 6.45. The zero-order valence-electron chi connectivity index (χ0n) is 15.3. The highest BCUT2D eigenvalue weighted by atomic mass is 16.5. The molecule has 0 saturated heterocycles. The first-order valence-electron chi connectivity index (χ1n) is 9.39. The highest BCUT2D eigenvalue weighted by Gasteiger charge is 2.16. The lowest BCUT2D eigenvalue weighted by Crippen LogP contribution is -2.36. The summed E-state index contributed by atoms with van der Waals surface area (Å²) >= 11 is 0. The van der Waals surface area contributed by atoms with Gasteiger partial charge >= 0.3 is 0 Å². The molecule has 1 aromatic carbocycles. The molecule has 2 aromatic rings. The lowest BCUT2D eigenvalue weighted by Gasteiger charge is -2.22. The van der Waals surface area contributed by atoms with E-state index in [4.69, 9.17) is 4.74 Å². The molecular formula is C21H27N3O2. The largest absolute Gasteiger partial charge is 0.496 e. The number of pyridine rings is 1. The molecule has 5 heteroatoms. The molecule has 0 radical (unpaired) electrons. The fourth-order valence-corrected chi connectivity index (χ4v) is 3.42. The van der Waals surface area contributed by atoms with Crippen molar-refractivity contribution in [2.45, 2.75) is 44.6 Å². The van der Waals surface area contributed by atoms with E-state index in [9.17, 15) is 4.79 Å². The summed E-state index contributed by atoms with van der Waals surface area (Å²) in [5.41, 5.74) is 1.80. The molecule has 2 N–H and O–H groups in total. The van der Waals surface area contributed by atoms with Crippen LogP contribution in [0.1, 0.15) is 48.0 Å². The highest BCUT2D eigenvalue weighted by Crippen LogP contribution is 2.19. The number of hydrogen-bond donors (Lipinski definition) is 2. The monoisotopic (exact) mass is 353 g/mol. The summed E-state index contributed by atoms with van der Waals surface area (Å²) in [6.45, 7) is 0.723. The molecule has 1 aliphatic rings. The minimum Gasteiger partial charge on any atom is -0.496 e. The third-order valence-corrected chi connectivity index (χ3v) is 4.86. The summed E-state index contributed by atoms with van der Waals surface area (Å²) in [6, 6.07) is 11.9. The molecule has 1 heterocycles. The second-order valence-electron chi connectivity index (χ2n) is 6.73. The first kappa shape index (κ1) is 18.2. The lowest BCUT2D eigenvalue weighted by molar-refractivity contribution is 0.0927. The maximum absolute atomic E-state index is 12.5. The molecule has 0 bridgehead atoms. The molecule has 0 unspecified atom stereocenters. The van der Waals surface area contributed by atoms with E-state index < -0.39 is 0 Å². The van der Waals surface area contributed by atoms with E-state index >= 15 is 0 Å². The fourth-order valence-electron chi connectivity index (χ4n) is 3.42. The molecule has 1 amide bonds. The third kappa shape index (κ3) is 4.97. The predicted molar refractivity (Wildman–Crippen MR) is 104 cm³/mol. The Morgan fingerprint density at radius 1 is 1.19 bits per heavy atom. The van der Waals surface area contributed by atoms with Gasteiger partial charge in [-0.05, 0) is 43.0 Å². The molecule has 0 spiro atoms. The summed E-state index contributed by atoms with van der Waals surface area (Å²) in [4.78, 5) is 16.8. The van der Waals surface area contributed by atoms with E-state index in [1.54, 1.807) is 19.4 Å². The molecule has 3 rings (SSSR count). The van der Waals surface area contributed by atoms with Gasteiger partial charge in [-0.3, -0.25) is 4.79 Å². The molecule has 1 fully saturated rings. The van der Waals surface area contributed by atoms with Gasteiger partial charge in [0.1, 0.15) is 11.6 Å². The highest BCUT2D eigenvalue weighted by molar-refractivity contribution is 5.95. The Hall–Kier alpha value is -2.56. The van der Waals surface area contributed by atoms with Gasteiger partial charge in [-0.2, -0.15) is 0 Å². The van der Waals surface area contributed by atoms with Crippen molar-refractivity contribution in [3.8, 4) is 5.75 Å². The molecule has 0 aliphatic heterocycles. The van der Waals surface area contributed by atoms with E-state index in [0.29, 0.717) is 11.6 Å². The summed E-state index contributed by atoms with van der Waals surface area (Å²) in [7, 11) is 1.68. The maximum Gasteiger partial charge on any atom is 0.251 e. The fraction of sp³-hybridized carbons (Fsp3) is 0.429. The number of nitrogens with zero attached hydrogens (tertiary/aromatic N) is 1. The average molecular weight is 353 g/mol. The number of rotatable bonds is 7. The topological polar surface area (TPSA) is 63.2 Å². The van der Waals surface area contributed by atoms with Crippen molar-refractivity contribution in [2.75, 3.05) is 19.0 Å². The maximum atomic E-state index is 12.5. The van der Waals surface area contributed by atoms with Crippen LogP contribution in [0.2, 0.25) is 0 Å². The van der Waals surface area contributed by atoms with Crippen molar-refractivity contribution in [1.82, 2.24) is 10.3 Å². The van der Waals surface area contributed by atoms with Gasteiger partial charge in [0.25, 0.3) is 5.91 Å². The molecular weight excluding hydrogens is 326 g/mol. The Morgan fingerprint density at radius 3 is 2.81 bits per heavy atom. The van der Waals surface area contributed by atoms with E-state index in [0.717, 1.165) is 42.9 Å². The van der Waals surface area contributed by atoms with Gasteiger partial charge in [0.05, 0.1) is 7.11 Å². The van der Waals surface area contributed by atoms with Gasteiger partial charge in [-0.15, -0.1) is 0 Å². The van der Waals surface area contributed by atoms with Gasteiger partial charge < -0.3 is 15.4 Å². The van der Waals surface area contributed by atoms with E-state index in [2.05, 4.69) is 21.7 Å². The number of aromatic nitrogens is 1. The first-order valence-corrected chi connectivity index (χ1v) is 9.39. The Morgan fingerprint density at radius 2 is 2.00 bits per heavy atom. The van der Waals surface area contributed by atoms with Crippen LogP contribution in [0.15, 0.2) is 42.6 Å². The number of ether oxygens (including phenoxy) is 1. The number of hydrogen-bond acceptors (Lipinski definition) is 4. The van der Waals surface area contributed by atoms with Crippen LogP contribution in [0.5, 0.6) is 5.75 Å². The van der Waals surface area contributed by atoms with Gasteiger partial charge in [-0.25, -0.2) is 4.98 Å². The van der Waals surface area contributed by atoms with Crippen LogP contribution < -0.4 is 15.4 Å². The zero-order valence-corrected chi connectivity index (χ0v) is 15.3. The Kier molecular flexibility index (Phi) is 6.47. The number of anilines is 1. The number of para-hydroxylation sites is 1. The predicted octanol–water partition coefficient (Wildman–Crippen LogP) is 3.81. The van der Waals surface area contributed by atoms with Crippen molar-refractivity contribution < 1.29 is 9.53 Å². The van der Waals surface area contributed by atoms with Crippen LogP contribution in [0, 0.1) is 0 Å². The summed E-state index contributed by atoms with van der Waals surface area (Å²) < 4.78 is 5.37. The number of amides is 1. The average Bonchev–Trinajstić information content (AvgIpc) is 2.69. The van der Waals surface area contributed by atoms with Crippen LogP contribution in [0.4, 0.5) is 5.82 Å². The van der Waals surface area contributed by atoms with Gasteiger partial charge in [0, 0.05) is 24.3 Å². The SMILES string of the molecule is COc1ccccc1CCNc1cc(C(=O)NC2CCCCC2)ccn1. The Balaban J connectivity index is 1.54. The van der Waals surface area contributed by atoms with E-state index in [-0.39, 0.29) is 5.91 Å². The minimum atomic E-state index is -0.00733. The summed E-state index contributed by atoms with van der Waals surface area (Å²) in [6.07, 6.45) is 8.36.